The van der Waals surface area contributed by atoms with Gasteiger partial charge >= 0.3 is 0 Å². The van der Waals surface area contributed by atoms with Gasteiger partial charge in [-0.2, -0.15) is 4.31 Å². The molecule has 0 N–H and O–H groups in total. The second kappa shape index (κ2) is 8.29. The lowest BCUT2D eigenvalue weighted by Crippen LogP contribution is -2.33. The molecule has 5 nitrogen and oxygen atoms in total. The molecule has 0 aromatic heterocycles. The van der Waals surface area contributed by atoms with Crippen molar-refractivity contribution in [3.8, 4) is 0 Å². The summed E-state index contributed by atoms with van der Waals surface area (Å²) in [5, 5.41) is 0. The van der Waals surface area contributed by atoms with Crippen LogP contribution in [-0.4, -0.2) is 38.3 Å². The fourth-order valence-electron chi connectivity index (χ4n) is 2.41. The van der Waals surface area contributed by atoms with Crippen LogP contribution in [0.4, 0.5) is 5.69 Å². The fourth-order valence-corrected chi connectivity index (χ4v) is 3.78. The molecule has 0 heterocycles. The molecule has 0 radical (unpaired) electrons. The van der Waals surface area contributed by atoms with Crippen molar-refractivity contribution >= 4 is 21.6 Å². The van der Waals surface area contributed by atoms with Gasteiger partial charge in [0.2, 0.25) is 10.0 Å². The number of nitrogens with zero attached hydrogens (tertiary/aromatic N) is 2. The van der Waals surface area contributed by atoms with Gasteiger partial charge in [0.05, 0.1) is 4.90 Å². The third-order valence-corrected chi connectivity index (χ3v) is 6.18. The third kappa shape index (κ3) is 4.20. The number of benzene rings is 2. The van der Waals surface area contributed by atoms with Crippen molar-refractivity contribution < 1.29 is 13.2 Å². The van der Waals surface area contributed by atoms with Gasteiger partial charge in [0.15, 0.2) is 0 Å². The second-order valence-corrected chi connectivity index (χ2v) is 8.18. The maximum Gasteiger partial charge on any atom is 0.258 e. The van der Waals surface area contributed by atoms with Gasteiger partial charge in [0.25, 0.3) is 5.91 Å². The molecular weight excluding hydrogens is 348 g/mol. The first-order valence-corrected chi connectivity index (χ1v) is 9.79. The Hall–Kier alpha value is -2.44. The second-order valence-electron chi connectivity index (χ2n) is 6.18. The molecule has 2 aromatic carbocycles. The van der Waals surface area contributed by atoms with Crippen molar-refractivity contribution in [2.24, 2.45) is 0 Å². The summed E-state index contributed by atoms with van der Waals surface area (Å²) in [5.41, 5.74) is 1.18. The third-order valence-electron chi connectivity index (χ3n) is 4.13. The number of hydrogen-bond acceptors (Lipinski definition) is 3. The molecule has 0 fully saturated rings. The maximum atomic E-state index is 12.9. The van der Waals surface area contributed by atoms with E-state index in [4.69, 9.17) is 0 Å². The summed E-state index contributed by atoms with van der Waals surface area (Å²) in [7, 11) is -2.03. The summed E-state index contributed by atoms with van der Waals surface area (Å²) in [6.45, 7) is 7.68. The molecule has 0 bridgehead atoms. The summed E-state index contributed by atoms with van der Waals surface area (Å²) >= 11 is 0. The van der Waals surface area contributed by atoms with E-state index in [2.05, 4.69) is 6.58 Å². The van der Waals surface area contributed by atoms with E-state index in [0.29, 0.717) is 12.1 Å². The molecule has 26 heavy (non-hydrogen) atoms. The number of anilines is 1. The number of amides is 1. The summed E-state index contributed by atoms with van der Waals surface area (Å²) in [5.74, 6) is -0.211. The van der Waals surface area contributed by atoms with Crippen LogP contribution in [0.25, 0.3) is 0 Å². The monoisotopic (exact) mass is 372 g/mol. The Labute approximate surface area is 155 Å². The van der Waals surface area contributed by atoms with Crippen molar-refractivity contribution in [3.63, 3.8) is 0 Å². The first kappa shape index (κ1) is 19.9. The number of carbonyl (C=O) groups excluding carboxylic acids is 1. The van der Waals surface area contributed by atoms with Crippen molar-refractivity contribution in [2.45, 2.75) is 24.8 Å². The van der Waals surface area contributed by atoms with E-state index in [1.165, 1.54) is 16.4 Å². The van der Waals surface area contributed by atoms with E-state index in [1.807, 2.05) is 44.2 Å². The van der Waals surface area contributed by atoms with Gasteiger partial charge in [-0.1, -0.05) is 24.3 Å². The highest BCUT2D eigenvalue weighted by Crippen LogP contribution is 2.20. The minimum atomic E-state index is -3.57. The highest BCUT2D eigenvalue weighted by molar-refractivity contribution is 7.89. The van der Waals surface area contributed by atoms with Crippen molar-refractivity contribution in [2.75, 3.05) is 18.5 Å². The van der Waals surface area contributed by atoms with Crippen LogP contribution in [0, 0.1) is 0 Å². The molecule has 1 amide bonds. The standard InChI is InChI=1S/C20H24N2O3S/c1-5-15-22(18-9-7-6-8-10-18)20(23)17-11-13-19(14-12-17)26(24,25)21(4)16(2)3/h5-14,16H,1,15H2,2-4H3. The molecule has 0 saturated carbocycles. The first-order valence-electron chi connectivity index (χ1n) is 8.35. The minimum absolute atomic E-state index is 0.150. The van der Waals surface area contributed by atoms with Crippen molar-refractivity contribution in [3.05, 3.63) is 72.8 Å². The van der Waals surface area contributed by atoms with Crippen LogP contribution in [0.2, 0.25) is 0 Å². The molecule has 2 rings (SSSR count). The number of hydrogen-bond donors (Lipinski definition) is 0. The normalized spacial score (nSPS) is 11.6. The number of para-hydroxylation sites is 1. The average Bonchev–Trinajstić information content (AvgIpc) is 2.65. The van der Waals surface area contributed by atoms with Crippen LogP contribution in [-0.2, 0) is 10.0 Å². The Morgan fingerprint density at radius 1 is 1.08 bits per heavy atom. The Kier molecular flexibility index (Phi) is 6.34. The van der Waals surface area contributed by atoms with Crippen LogP contribution in [0.5, 0.6) is 0 Å². The molecule has 6 heteroatoms. The average molecular weight is 372 g/mol. The molecule has 0 aliphatic rings. The molecule has 0 spiro atoms. The zero-order valence-electron chi connectivity index (χ0n) is 15.3. The van der Waals surface area contributed by atoms with Gasteiger partial charge in [-0.05, 0) is 50.2 Å². The molecule has 0 unspecified atom stereocenters. The van der Waals surface area contributed by atoms with E-state index < -0.39 is 10.0 Å². The van der Waals surface area contributed by atoms with E-state index in [0.717, 1.165) is 5.69 Å². The molecule has 138 valence electrons. The zero-order chi connectivity index (χ0) is 19.3. The maximum absolute atomic E-state index is 12.9. The zero-order valence-corrected chi connectivity index (χ0v) is 16.1. The van der Waals surface area contributed by atoms with Gasteiger partial charge in [-0.15, -0.1) is 6.58 Å². The Morgan fingerprint density at radius 3 is 2.15 bits per heavy atom. The first-order chi connectivity index (χ1) is 12.3. The predicted molar refractivity (Wildman–Crippen MR) is 105 cm³/mol. The van der Waals surface area contributed by atoms with Crippen LogP contribution < -0.4 is 4.90 Å². The minimum Gasteiger partial charge on any atom is -0.305 e. The molecule has 0 saturated heterocycles. The summed E-state index contributed by atoms with van der Waals surface area (Å²) in [6.07, 6.45) is 1.65. The van der Waals surface area contributed by atoms with Gasteiger partial charge in [0, 0.05) is 30.9 Å². The number of rotatable bonds is 7. The molecular formula is C20H24N2O3S. The smallest absolute Gasteiger partial charge is 0.258 e. The van der Waals surface area contributed by atoms with Crippen molar-refractivity contribution in [1.82, 2.24) is 4.31 Å². The largest absolute Gasteiger partial charge is 0.305 e. The number of sulfonamides is 1. The Bertz CT molecular complexity index is 860. The highest BCUT2D eigenvalue weighted by Gasteiger charge is 2.24. The quantitative estimate of drug-likeness (QED) is 0.699. The predicted octanol–water partition coefficient (Wildman–Crippen LogP) is 3.55. The van der Waals surface area contributed by atoms with Gasteiger partial charge < -0.3 is 4.90 Å². The topological polar surface area (TPSA) is 57.7 Å². The lowest BCUT2D eigenvalue weighted by atomic mass is 10.2. The Balaban J connectivity index is 2.32. The van der Waals surface area contributed by atoms with Crippen LogP contribution in [0.15, 0.2) is 72.1 Å². The van der Waals surface area contributed by atoms with E-state index in [1.54, 1.807) is 30.2 Å². The highest BCUT2D eigenvalue weighted by atomic mass is 32.2. The lowest BCUT2D eigenvalue weighted by molar-refractivity contribution is 0.0989. The van der Waals surface area contributed by atoms with Crippen molar-refractivity contribution in [1.29, 1.82) is 0 Å². The molecule has 0 aliphatic heterocycles. The van der Waals surface area contributed by atoms with Crippen LogP contribution in [0.1, 0.15) is 24.2 Å². The molecule has 0 atom stereocenters. The summed E-state index contributed by atoms with van der Waals surface area (Å²) in [4.78, 5) is 14.6. The van der Waals surface area contributed by atoms with E-state index in [9.17, 15) is 13.2 Å². The molecule has 2 aromatic rings. The van der Waals surface area contributed by atoms with Crippen LogP contribution in [0.3, 0.4) is 0 Å². The number of carbonyl (C=O) groups is 1. The van der Waals surface area contributed by atoms with Gasteiger partial charge in [0.1, 0.15) is 0 Å². The van der Waals surface area contributed by atoms with Crippen LogP contribution >= 0.6 is 0 Å². The van der Waals surface area contributed by atoms with E-state index >= 15 is 0 Å². The van der Waals surface area contributed by atoms with Gasteiger partial charge in [-0.3, -0.25) is 4.79 Å². The SMILES string of the molecule is C=CCN(C(=O)c1ccc(S(=O)(=O)N(C)C(C)C)cc1)c1ccccc1. The Morgan fingerprint density at radius 2 is 1.65 bits per heavy atom. The van der Waals surface area contributed by atoms with E-state index in [-0.39, 0.29) is 16.8 Å². The summed E-state index contributed by atoms with van der Waals surface area (Å²) < 4.78 is 26.4. The lowest BCUT2D eigenvalue weighted by Gasteiger charge is -2.22. The fraction of sp³-hybridized carbons (Fsp3) is 0.250. The van der Waals surface area contributed by atoms with Gasteiger partial charge in [-0.25, -0.2) is 8.42 Å². The summed E-state index contributed by atoms with van der Waals surface area (Å²) in [6, 6.07) is 15.2. The molecule has 0 aliphatic carbocycles.